The molecule has 16 heavy (non-hydrogen) atoms. The van der Waals surface area contributed by atoms with Crippen LogP contribution in [0.15, 0.2) is 18.3 Å². The average molecular weight is 221 g/mol. The van der Waals surface area contributed by atoms with E-state index in [0.717, 1.165) is 24.5 Å². The van der Waals surface area contributed by atoms with E-state index >= 15 is 0 Å². The van der Waals surface area contributed by atoms with E-state index in [1.807, 2.05) is 19.2 Å². The minimum absolute atomic E-state index is 0.0751. The van der Waals surface area contributed by atoms with Crippen molar-refractivity contribution in [2.45, 2.75) is 26.7 Å². The predicted molar refractivity (Wildman–Crippen MR) is 66.7 cm³/mol. The maximum atomic E-state index is 10.8. The number of pyridine rings is 1. The number of nitrogens with one attached hydrogen (secondary N) is 1. The van der Waals surface area contributed by atoms with E-state index in [0.29, 0.717) is 0 Å². The standard InChI is InChI=1S/C12H19N3O/c1-4-5-8-15(3)12-7-6-11(9-13-12)14-10(2)16/h6-7,9H,4-5,8H2,1-3H3,(H,14,16). The van der Waals surface area contributed by atoms with Gasteiger partial charge < -0.3 is 10.2 Å². The highest BCUT2D eigenvalue weighted by Crippen LogP contribution is 2.13. The maximum Gasteiger partial charge on any atom is 0.221 e. The van der Waals surface area contributed by atoms with Crippen LogP contribution in [-0.2, 0) is 4.79 Å². The van der Waals surface area contributed by atoms with Gasteiger partial charge in [-0.25, -0.2) is 4.98 Å². The van der Waals surface area contributed by atoms with Gasteiger partial charge in [0, 0.05) is 20.5 Å². The lowest BCUT2D eigenvalue weighted by Crippen LogP contribution is -2.19. The summed E-state index contributed by atoms with van der Waals surface area (Å²) in [6, 6.07) is 3.78. The first-order chi connectivity index (χ1) is 7.63. The SMILES string of the molecule is CCCCN(C)c1ccc(NC(C)=O)cn1. The molecule has 1 aromatic rings. The van der Waals surface area contributed by atoms with E-state index in [1.54, 1.807) is 6.20 Å². The fourth-order valence-corrected chi connectivity index (χ4v) is 1.40. The van der Waals surface area contributed by atoms with Gasteiger partial charge in [0.1, 0.15) is 5.82 Å². The molecule has 88 valence electrons. The number of carbonyl (C=O) groups is 1. The van der Waals surface area contributed by atoms with Gasteiger partial charge in [-0.1, -0.05) is 13.3 Å². The number of hydrogen-bond acceptors (Lipinski definition) is 3. The highest BCUT2D eigenvalue weighted by Gasteiger charge is 2.02. The third-order valence-corrected chi connectivity index (χ3v) is 2.31. The van der Waals surface area contributed by atoms with Crippen molar-refractivity contribution in [2.75, 3.05) is 23.8 Å². The summed E-state index contributed by atoms with van der Waals surface area (Å²) < 4.78 is 0. The molecule has 0 atom stereocenters. The van der Waals surface area contributed by atoms with Crippen molar-refractivity contribution in [1.82, 2.24) is 4.98 Å². The number of unbranched alkanes of at least 4 members (excludes halogenated alkanes) is 1. The first-order valence-corrected chi connectivity index (χ1v) is 5.58. The number of anilines is 2. The quantitative estimate of drug-likeness (QED) is 0.829. The molecule has 0 saturated carbocycles. The largest absolute Gasteiger partial charge is 0.360 e. The fourth-order valence-electron chi connectivity index (χ4n) is 1.40. The molecule has 0 saturated heterocycles. The first-order valence-electron chi connectivity index (χ1n) is 5.58. The molecule has 0 fully saturated rings. The smallest absolute Gasteiger partial charge is 0.221 e. The third-order valence-electron chi connectivity index (χ3n) is 2.31. The number of rotatable bonds is 5. The molecule has 1 heterocycles. The second kappa shape index (κ2) is 6.10. The van der Waals surface area contributed by atoms with Crippen LogP contribution in [0, 0.1) is 0 Å². The van der Waals surface area contributed by atoms with Gasteiger partial charge in [-0.3, -0.25) is 4.79 Å². The molecule has 0 aliphatic heterocycles. The molecule has 0 unspecified atom stereocenters. The van der Waals surface area contributed by atoms with E-state index < -0.39 is 0 Å². The topological polar surface area (TPSA) is 45.2 Å². The maximum absolute atomic E-state index is 10.8. The Labute approximate surface area is 96.7 Å². The van der Waals surface area contributed by atoms with Gasteiger partial charge in [-0.2, -0.15) is 0 Å². The minimum atomic E-state index is -0.0751. The molecule has 0 spiro atoms. The predicted octanol–water partition coefficient (Wildman–Crippen LogP) is 2.28. The summed E-state index contributed by atoms with van der Waals surface area (Å²) in [4.78, 5) is 17.2. The zero-order valence-electron chi connectivity index (χ0n) is 10.2. The van der Waals surface area contributed by atoms with Gasteiger partial charge >= 0.3 is 0 Å². The van der Waals surface area contributed by atoms with Crippen LogP contribution < -0.4 is 10.2 Å². The van der Waals surface area contributed by atoms with Crippen LogP contribution in [0.5, 0.6) is 0 Å². The Morgan fingerprint density at radius 2 is 2.25 bits per heavy atom. The molecule has 0 radical (unpaired) electrons. The van der Waals surface area contributed by atoms with Crippen LogP contribution in [-0.4, -0.2) is 24.5 Å². The van der Waals surface area contributed by atoms with E-state index in [9.17, 15) is 4.79 Å². The van der Waals surface area contributed by atoms with Crippen molar-refractivity contribution in [2.24, 2.45) is 0 Å². The first kappa shape index (κ1) is 12.5. The number of nitrogens with zero attached hydrogens (tertiary/aromatic N) is 2. The summed E-state index contributed by atoms with van der Waals surface area (Å²) in [5.41, 5.74) is 0.736. The van der Waals surface area contributed by atoms with E-state index in [1.165, 1.54) is 13.3 Å². The fraction of sp³-hybridized carbons (Fsp3) is 0.500. The lowest BCUT2D eigenvalue weighted by Gasteiger charge is -2.17. The molecule has 0 bridgehead atoms. The summed E-state index contributed by atoms with van der Waals surface area (Å²) in [6.07, 6.45) is 4.01. The molecule has 1 N–H and O–H groups in total. The van der Waals surface area contributed by atoms with Crippen LogP contribution >= 0.6 is 0 Å². The Morgan fingerprint density at radius 1 is 1.50 bits per heavy atom. The lowest BCUT2D eigenvalue weighted by molar-refractivity contribution is -0.114. The van der Waals surface area contributed by atoms with E-state index in [4.69, 9.17) is 0 Å². The second-order valence-electron chi connectivity index (χ2n) is 3.86. The third kappa shape index (κ3) is 3.88. The van der Waals surface area contributed by atoms with Crippen molar-refractivity contribution in [3.8, 4) is 0 Å². The van der Waals surface area contributed by atoms with Gasteiger partial charge in [0.05, 0.1) is 11.9 Å². The van der Waals surface area contributed by atoms with E-state index in [2.05, 4.69) is 22.1 Å². The molecule has 4 nitrogen and oxygen atoms in total. The number of hydrogen-bond donors (Lipinski definition) is 1. The number of amides is 1. The minimum Gasteiger partial charge on any atom is -0.360 e. The highest BCUT2D eigenvalue weighted by atomic mass is 16.1. The normalized spacial score (nSPS) is 9.94. The van der Waals surface area contributed by atoms with Gasteiger partial charge in [0.15, 0.2) is 0 Å². The number of aromatic nitrogens is 1. The van der Waals surface area contributed by atoms with Gasteiger partial charge in [-0.05, 0) is 18.6 Å². The van der Waals surface area contributed by atoms with Crippen LogP contribution in [0.3, 0.4) is 0 Å². The van der Waals surface area contributed by atoms with Crippen molar-refractivity contribution in [1.29, 1.82) is 0 Å². The van der Waals surface area contributed by atoms with E-state index in [-0.39, 0.29) is 5.91 Å². The summed E-state index contributed by atoms with van der Waals surface area (Å²) >= 11 is 0. The lowest BCUT2D eigenvalue weighted by atomic mass is 10.3. The molecule has 0 aliphatic rings. The molecular formula is C12H19N3O. The van der Waals surface area contributed by atoms with Gasteiger partial charge in [-0.15, -0.1) is 0 Å². The summed E-state index contributed by atoms with van der Waals surface area (Å²) in [6.45, 7) is 4.66. The Hall–Kier alpha value is -1.58. The van der Waals surface area contributed by atoms with Crippen molar-refractivity contribution < 1.29 is 4.79 Å². The average Bonchev–Trinajstić information content (AvgIpc) is 2.26. The van der Waals surface area contributed by atoms with Crippen LogP contribution in [0.25, 0.3) is 0 Å². The zero-order chi connectivity index (χ0) is 12.0. The molecule has 1 amide bonds. The van der Waals surface area contributed by atoms with Gasteiger partial charge in [0.2, 0.25) is 5.91 Å². The second-order valence-corrected chi connectivity index (χ2v) is 3.86. The van der Waals surface area contributed by atoms with Crippen molar-refractivity contribution >= 4 is 17.4 Å². The van der Waals surface area contributed by atoms with Crippen molar-refractivity contribution in [3.05, 3.63) is 18.3 Å². The van der Waals surface area contributed by atoms with Gasteiger partial charge in [0.25, 0.3) is 0 Å². The Balaban J connectivity index is 2.59. The van der Waals surface area contributed by atoms with Crippen LogP contribution in [0.2, 0.25) is 0 Å². The monoisotopic (exact) mass is 221 g/mol. The Bertz CT molecular complexity index is 335. The highest BCUT2D eigenvalue weighted by molar-refractivity contribution is 5.88. The summed E-state index contributed by atoms with van der Waals surface area (Å²) in [5.74, 6) is 0.858. The molecule has 0 aromatic carbocycles. The van der Waals surface area contributed by atoms with Crippen LogP contribution in [0.4, 0.5) is 11.5 Å². The molecule has 4 heteroatoms. The Kier molecular flexibility index (Phi) is 4.76. The molecule has 1 aromatic heterocycles. The number of carbonyl (C=O) groups excluding carboxylic acids is 1. The Morgan fingerprint density at radius 3 is 2.75 bits per heavy atom. The summed E-state index contributed by atoms with van der Waals surface area (Å²) in [7, 11) is 2.02. The summed E-state index contributed by atoms with van der Waals surface area (Å²) in [5, 5.41) is 2.69. The zero-order valence-corrected chi connectivity index (χ0v) is 10.2. The molecule has 0 aliphatic carbocycles. The van der Waals surface area contributed by atoms with Crippen molar-refractivity contribution in [3.63, 3.8) is 0 Å². The van der Waals surface area contributed by atoms with Crippen LogP contribution in [0.1, 0.15) is 26.7 Å². The molecular weight excluding hydrogens is 202 g/mol. The molecule has 1 rings (SSSR count).